The van der Waals surface area contributed by atoms with Gasteiger partial charge in [0.2, 0.25) is 23.7 Å². The van der Waals surface area contributed by atoms with E-state index in [-0.39, 0.29) is 59.2 Å². The summed E-state index contributed by atoms with van der Waals surface area (Å²) in [5.74, 6) is -1.10. The van der Waals surface area contributed by atoms with Crippen LogP contribution in [0.3, 0.4) is 0 Å². The molecule has 4 N–H and O–H groups in total. The van der Waals surface area contributed by atoms with E-state index in [2.05, 4.69) is 41.0 Å². The average Bonchev–Trinajstić information content (AvgIpc) is 3.24. The van der Waals surface area contributed by atoms with Gasteiger partial charge in [0.1, 0.15) is 17.6 Å². The molecule has 2 aromatic carbocycles. The molecular formula is C43H49F2N9O4. The highest BCUT2D eigenvalue weighted by Gasteiger charge is 2.33. The Bertz CT molecular complexity index is 2190. The van der Waals surface area contributed by atoms with Gasteiger partial charge in [-0.1, -0.05) is 18.2 Å². The van der Waals surface area contributed by atoms with Crippen molar-refractivity contribution in [2.75, 3.05) is 41.7 Å². The van der Waals surface area contributed by atoms with Gasteiger partial charge in [-0.2, -0.15) is 0 Å². The Balaban J connectivity index is 0.760. The maximum absolute atomic E-state index is 15.2. The first kappa shape index (κ1) is 39.1. The van der Waals surface area contributed by atoms with Crippen LogP contribution in [0.2, 0.25) is 0 Å². The van der Waals surface area contributed by atoms with Crippen LogP contribution in [0.5, 0.6) is 0 Å². The number of amides is 3. The highest BCUT2D eigenvalue weighted by molar-refractivity contribution is 6.01. The molecule has 0 unspecified atom stereocenters. The van der Waals surface area contributed by atoms with E-state index in [9.17, 15) is 23.6 Å². The second-order valence-electron chi connectivity index (χ2n) is 15.9. The molecule has 4 aliphatic rings. The lowest BCUT2D eigenvalue weighted by Gasteiger charge is -2.42. The van der Waals surface area contributed by atoms with Crippen molar-refractivity contribution in [1.29, 1.82) is 0 Å². The quantitative estimate of drug-likeness (QED) is 0.161. The third kappa shape index (κ3) is 9.04. The van der Waals surface area contributed by atoms with Gasteiger partial charge < -0.3 is 20.9 Å². The van der Waals surface area contributed by atoms with E-state index in [1.165, 1.54) is 22.9 Å². The lowest BCUT2D eigenvalue weighted by atomic mass is 9.83. The Labute approximate surface area is 335 Å². The van der Waals surface area contributed by atoms with Crippen LogP contribution in [-0.4, -0.2) is 87.5 Å². The van der Waals surface area contributed by atoms with Crippen LogP contribution in [0.25, 0.3) is 16.9 Å². The smallest absolute Gasteiger partial charge is 0.255 e. The number of aromatic nitrogens is 3. The summed E-state index contributed by atoms with van der Waals surface area (Å²) in [4.78, 5) is 62.5. The minimum absolute atomic E-state index is 0.000148. The lowest BCUT2D eigenvalue weighted by molar-refractivity contribution is -0.133. The van der Waals surface area contributed by atoms with Gasteiger partial charge in [0.25, 0.3) is 5.56 Å². The number of piperazine rings is 1. The van der Waals surface area contributed by atoms with Crippen LogP contribution >= 0.6 is 0 Å². The zero-order valence-electron chi connectivity index (χ0n) is 32.3. The Hall–Kier alpha value is -5.70. The molecule has 0 bridgehead atoms. The molecule has 58 heavy (non-hydrogen) atoms. The first-order chi connectivity index (χ1) is 28.2. The largest absolute Gasteiger partial charge is 0.374 e. The summed E-state index contributed by atoms with van der Waals surface area (Å²) < 4.78 is 31.7. The number of benzene rings is 2. The summed E-state index contributed by atoms with van der Waals surface area (Å²) in [6.45, 7) is 3.05. The van der Waals surface area contributed by atoms with Crippen molar-refractivity contribution in [3.05, 3.63) is 95.0 Å². The standard InChI is InChI=1S/C43H49F2N9O4/c44-34-25-31(47-36-16-18-38(55)50-42(36)58)13-17-37(34)53-22-20-52(21-23-53)32-14-7-27(8-15-32)41(57)48-29-9-11-30(12-10-29)49-43-46-26-35(45)40(51-43)28-4-3-5-33(24-28)54-19-2-1-6-39(54)56/h1-6,13,17,19,24-27,29-30,32,36,47H,7-12,14-16,18,20-23H2,(H,48,57)(H,46,49,51)(H,50,55,58)/t27?,29?,30?,32?,36-/m0/s1. The molecule has 304 valence electrons. The first-order valence-corrected chi connectivity index (χ1v) is 20.4. The predicted octanol–water partition coefficient (Wildman–Crippen LogP) is 5.01. The average molecular weight is 794 g/mol. The fourth-order valence-corrected chi connectivity index (χ4v) is 8.88. The van der Waals surface area contributed by atoms with Gasteiger partial charge in [-0.05, 0) is 94.2 Å². The van der Waals surface area contributed by atoms with Crippen molar-refractivity contribution in [2.24, 2.45) is 5.92 Å². The van der Waals surface area contributed by atoms with Gasteiger partial charge in [-0.25, -0.2) is 18.7 Å². The second-order valence-corrected chi connectivity index (χ2v) is 15.9. The Kier molecular flexibility index (Phi) is 11.8. The van der Waals surface area contributed by atoms with Gasteiger partial charge in [-0.3, -0.25) is 34.0 Å². The Morgan fingerprint density at radius 2 is 1.55 bits per heavy atom. The number of imide groups is 1. The molecule has 4 aromatic rings. The van der Waals surface area contributed by atoms with Crippen LogP contribution in [-0.2, 0) is 14.4 Å². The van der Waals surface area contributed by atoms with Crippen molar-refractivity contribution < 1.29 is 23.2 Å². The number of carbonyl (C=O) groups is 3. The molecule has 1 atom stereocenters. The fourth-order valence-electron chi connectivity index (χ4n) is 8.88. The molecule has 0 spiro atoms. The number of rotatable bonds is 10. The Morgan fingerprint density at radius 1 is 0.776 bits per heavy atom. The van der Waals surface area contributed by atoms with E-state index >= 15 is 4.39 Å². The maximum Gasteiger partial charge on any atom is 0.255 e. The number of halogens is 2. The minimum Gasteiger partial charge on any atom is -0.374 e. The number of nitrogens with zero attached hydrogens (tertiary/aromatic N) is 5. The van der Waals surface area contributed by atoms with Crippen molar-refractivity contribution in [3.63, 3.8) is 0 Å². The van der Waals surface area contributed by atoms with E-state index in [0.717, 1.165) is 64.5 Å². The molecule has 2 saturated carbocycles. The summed E-state index contributed by atoms with van der Waals surface area (Å²) in [6.07, 6.45) is 10.4. The SMILES string of the molecule is O=C1CC[C@H](Nc2ccc(N3CCN(C4CCC(C(=O)NC5CCC(Nc6ncc(F)c(-c7cccc(-n8ccccc8=O)c7)n6)CC5)CC4)CC3)c(F)c2)C(=O)N1. The van der Waals surface area contributed by atoms with Crippen LogP contribution in [0.4, 0.5) is 26.1 Å². The fraction of sp³-hybridized carbons (Fsp3) is 0.442. The van der Waals surface area contributed by atoms with E-state index in [1.54, 1.807) is 54.7 Å². The summed E-state index contributed by atoms with van der Waals surface area (Å²) in [5, 5.41) is 12.1. The molecule has 4 fully saturated rings. The topological polar surface area (TPSA) is 154 Å². The number of nitrogens with one attached hydrogen (secondary N) is 4. The molecule has 13 nitrogen and oxygen atoms in total. The molecule has 3 amide bonds. The number of hydrogen-bond acceptors (Lipinski definition) is 10. The number of anilines is 3. The predicted molar refractivity (Wildman–Crippen MR) is 217 cm³/mol. The van der Waals surface area contributed by atoms with Crippen LogP contribution in [0.15, 0.2) is 77.9 Å². The van der Waals surface area contributed by atoms with Crippen LogP contribution in [0.1, 0.15) is 64.2 Å². The minimum atomic E-state index is -0.564. The number of pyridine rings is 1. The first-order valence-electron chi connectivity index (χ1n) is 20.4. The third-order valence-corrected chi connectivity index (χ3v) is 12.1. The summed E-state index contributed by atoms with van der Waals surface area (Å²) in [6, 6.07) is 16.9. The monoisotopic (exact) mass is 793 g/mol. The van der Waals surface area contributed by atoms with Crippen LogP contribution < -0.4 is 31.7 Å². The molecule has 2 aliphatic carbocycles. The van der Waals surface area contributed by atoms with Crippen molar-refractivity contribution in [3.8, 4) is 16.9 Å². The number of carbonyl (C=O) groups excluding carboxylic acids is 3. The van der Waals surface area contributed by atoms with Gasteiger partial charge in [0, 0.05) is 85.8 Å². The summed E-state index contributed by atoms with van der Waals surface area (Å²) in [5.41, 5.74) is 2.17. The summed E-state index contributed by atoms with van der Waals surface area (Å²) >= 11 is 0. The number of piperidine rings is 1. The highest BCUT2D eigenvalue weighted by atomic mass is 19.1. The van der Waals surface area contributed by atoms with Gasteiger partial charge in [-0.15, -0.1) is 0 Å². The van der Waals surface area contributed by atoms with Gasteiger partial charge >= 0.3 is 0 Å². The second kappa shape index (κ2) is 17.4. The lowest BCUT2D eigenvalue weighted by Crippen LogP contribution is -2.52. The molecule has 2 aliphatic heterocycles. The van der Waals surface area contributed by atoms with Crippen molar-refractivity contribution >= 4 is 35.0 Å². The molecule has 15 heteroatoms. The van der Waals surface area contributed by atoms with Crippen molar-refractivity contribution in [1.82, 2.24) is 30.1 Å². The van der Waals surface area contributed by atoms with E-state index < -0.39 is 11.9 Å². The molecule has 4 heterocycles. The van der Waals surface area contributed by atoms with Gasteiger partial charge in [0.05, 0.1) is 11.9 Å². The van der Waals surface area contributed by atoms with Crippen LogP contribution in [0, 0.1) is 17.6 Å². The zero-order chi connectivity index (χ0) is 40.2. The Morgan fingerprint density at radius 3 is 2.29 bits per heavy atom. The highest BCUT2D eigenvalue weighted by Crippen LogP contribution is 2.32. The number of hydrogen-bond donors (Lipinski definition) is 4. The molecule has 8 rings (SSSR count). The van der Waals surface area contributed by atoms with E-state index in [0.29, 0.717) is 54.1 Å². The maximum atomic E-state index is 15.2. The normalized spacial score (nSPS) is 24.2. The van der Waals surface area contributed by atoms with Gasteiger partial charge in [0.15, 0.2) is 5.82 Å². The van der Waals surface area contributed by atoms with Crippen molar-refractivity contribution in [2.45, 2.75) is 88.4 Å². The van der Waals surface area contributed by atoms with E-state index in [4.69, 9.17) is 0 Å². The molecular weight excluding hydrogens is 745 g/mol. The summed E-state index contributed by atoms with van der Waals surface area (Å²) in [7, 11) is 0. The molecule has 0 radical (unpaired) electrons. The molecule has 2 saturated heterocycles. The zero-order valence-corrected chi connectivity index (χ0v) is 32.3. The molecule has 2 aromatic heterocycles. The van der Waals surface area contributed by atoms with E-state index in [1.807, 2.05) is 0 Å². The third-order valence-electron chi connectivity index (χ3n) is 12.1.